The normalized spacial score (nSPS) is 12.5. The zero-order chi connectivity index (χ0) is 27.4. The molecule has 0 bridgehead atoms. The Morgan fingerprint density at radius 2 is 0.762 bits per heavy atom. The third kappa shape index (κ3) is 8.15. The van der Waals surface area contributed by atoms with Crippen molar-refractivity contribution in [2.24, 2.45) is 0 Å². The van der Waals surface area contributed by atoms with Crippen molar-refractivity contribution >= 4 is 23.6 Å². The van der Waals surface area contributed by atoms with Crippen LogP contribution >= 0.6 is 0 Å². The van der Waals surface area contributed by atoms with E-state index in [4.69, 9.17) is 0 Å². The maximum Gasteiger partial charge on any atom is 4.00 e. The Hall–Kier alpha value is -1.06. The van der Waals surface area contributed by atoms with Crippen LogP contribution in [0, 0.1) is 6.08 Å². The molecule has 1 aliphatic rings. The van der Waals surface area contributed by atoms with Gasteiger partial charge in [-0.25, -0.2) is 16.8 Å². The summed E-state index contributed by atoms with van der Waals surface area (Å²) >= 11 is 0. The zero-order valence-corrected chi connectivity index (χ0v) is 31.6. The SMILES string of the molecule is CCc1cc(CC)cc([Si](C2=C(C)[C-]=C(C)C2)(c2cc(CC)cc(CC)c2)c2cc(CC)cc(CC)c2)c1.[Cl-].[Cl-].[Cl-].[Ti+4]. The van der Waals surface area contributed by atoms with Crippen molar-refractivity contribution < 1.29 is 58.9 Å². The number of halogens is 3. The fourth-order valence-corrected chi connectivity index (χ4v) is 12.0. The fraction of sp³-hybridized carbons (Fsp3) is 0.405. The Kier molecular flexibility index (Phi) is 17.6. The van der Waals surface area contributed by atoms with Crippen LogP contribution in [-0.4, -0.2) is 8.07 Å². The van der Waals surface area contributed by atoms with Gasteiger partial charge in [-0.2, -0.15) is 5.57 Å². The average Bonchev–Trinajstić information content (AvgIpc) is 3.30. The third-order valence-electron chi connectivity index (χ3n) is 8.65. The van der Waals surface area contributed by atoms with E-state index in [-0.39, 0.29) is 58.9 Å². The van der Waals surface area contributed by atoms with Crippen molar-refractivity contribution in [3.05, 3.63) is 110 Å². The van der Waals surface area contributed by atoms with Gasteiger partial charge in [-0.3, -0.25) is 0 Å². The molecular weight excluding hydrogens is 627 g/mol. The molecule has 0 aromatic heterocycles. The first-order valence-corrected chi connectivity index (χ1v) is 17.0. The van der Waals surface area contributed by atoms with Crippen LogP contribution in [0.1, 0.15) is 95.2 Å². The van der Waals surface area contributed by atoms with Crippen molar-refractivity contribution in [2.45, 2.75) is 100 Å². The van der Waals surface area contributed by atoms with Gasteiger partial charge in [0.15, 0.2) is 0 Å². The van der Waals surface area contributed by atoms with E-state index in [9.17, 15) is 0 Å². The molecule has 0 unspecified atom stereocenters. The minimum Gasteiger partial charge on any atom is -1.00 e. The van der Waals surface area contributed by atoms with Gasteiger partial charge in [0.2, 0.25) is 0 Å². The molecule has 3 aromatic carbocycles. The average molecular weight is 674 g/mol. The number of rotatable bonds is 10. The third-order valence-corrected chi connectivity index (χ3v) is 13.6. The van der Waals surface area contributed by atoms with Gasteiger partial charge in [0.05, 0.1) is 8.07 Å². The van der Waals surface area contributed by atoms with Gasteiger partial charge in [-0.1, -0.05) is 132 Å². The molecular formula is C37H47Cl3SiTi. The van der Waals surface area contributed by atoms with E-state index >= 15 is 0 Å². The van der Waals surface area contributed by atoms with Crippen LogP contribution in [0.5, 0.6) is 0 Å². The second-order valence-corrected chi connectivity index (χ2v) is 15.0. The van der Waals surface area contributed by atoms with Crippen molar-refractivity contribution in [3.8, 4) is 0 Å². The number of hydrogen-bond acceptors (Lipinski definition) is 0. The molecule has 3 aromatic rings. The molecule has 4 rings (SSSR count). The first kappa shape index (κ1) is 40.9. The summed E-state index contributed by atoms with van der Waals surface area (Å²) in [7, 11) is -2.59. The van der Waals surface area contributed by atoms with Gasteiger partial charge in [0, 0.05) is 0 Å². The molecule has 0 aliphatic heterocycles. The maximum absolute atomic E-state index is 3.78. The molecule has 0 spiro atoms. The molecule has 5 heteroatoms. The largest absolute Gasteiger partial charge is 4.00 e. The molecule has 0 saturated carbocycles. The van der Waals surface area contributed by atoms with E-state index in [1.165, 1.54) is 44.5 Å². The molecule has 0 nitrogen and oxygen atoms in total. The maximum atomic E-state index is 3.78. The molecule has 224 valence electrons. The van der Waals surface area contributed by atoms with Crippen LogP contribution in [0.2, 0.25) is 0 Å². The van der Waals surface area contributed by atoms with Gasteiger partial charge in [-0.15, -0.1) is 0 Å². The first-order valence-electron chi connectivity index (χ1n) is 15.0. The topological polar surface area (TPSA) is 0 Å². The van der Waals surface area contributed by atoms with Crippen LogP contribution in [0.3, 0.4) is 0 Å². The van der Waals surface area contributed by atoms with Crippen molar-refractivity contribution in [1.82, 2.24) is 0 Å². The predicted octanol–water partition coefficient (Wildman–Crippen LogP) is -1.45. The number of aryl methyl sites for hydroxylation is 6. The minimum absolute atomic E-state index is 0. The second-order valence-electron chi connectivity index (χ2n) is 11.2. The van der Waals surface area contributed by atoms with E-state index < -0.39 is 8.07 Å². The Bertz CT molecular complexity index is 1190. The van der Waals surface area contributed by atoms with Crippen molar-refractivity contribution in [1.29, 1.82) is 0 Å². The molecule has 0 saturated heterocycles. The Morgan fingerprint density at radius 3 is 0.952 bits per heavy atom. The molecule has 0 N–H and O–H groups in total. The van der Waals surface area contributed by atoms with Crippen LogP contribution in [0.4, 0.5) is 0 Å². The van der Waals surface area contributed by atoms with Crippen molar-refractivity contribution in [2.75, 3.05) is 0 Å². The molecule has 0 heterocycles. The Morgan fingerprint density at radius 1 is 0.500 bits per heavy atom. The van der Waals surface area contributed by atoms with Crippen LogP contribution < -0.4 is 52.8 Å². The molecule has 0 radical (unpaired) electrons. The predicted molar refractivity (Wildman–Crippen MR) is 170 cm³/mol. The minimum atomic E-state index is -2.59. The fourth-order valence-electron chi connectivity index (χ4n) is 6.44. The summed E-state index contributed by atoms with van der Waals surface area (Å²) < 4.78 is 0. The number of hydrogen-bond donors (Lipinski definition) is 0. The summed E-state index contributed by atoms with van der Waals surface area (Å²) in [4.78, 5) is 0. The zero-order valence-electron chi connectivity index (χ0n) is 26.8. The van der Waals surface area contributed by atoms with Crippen LogP contribution in [0.25, 0.3) is 0 Å². The number of allylic oxidation sites excluding steroid dienone is 4. The molecule has 0 amide bonds. The summed E-state index contributed by atoms with van der Waals surface area (Å²) in [6.07, 6.45) is 11.2. The van der Waals surface area contributed by atoms with E-state index in [1.54, 1.807) is 20.8 Å². The number of benzene rings is 3. The summed E-state index contributed by atoms with van der Waals surface area (Å²) in [6, 6.07) is 22.8. The molecule has 0 atom stereocenters. The van der Waals surface area contributed by atoms with Gasteiger partial charge in [0.25, 0.3) is 0 Å². The van der Waals surface area contributed by atoms with Crippen molar-refractivity contribution in [3.63, 3.8) is 0 Å². The van der Waals surface area contributed by atoms with Gasteiger partial charge >= 0.3 is 21.7 Å². The summed E-state index contributed by atoms with van der Waals surface area (Å²) in [6.45, 7) is 18.4. The van der Waals surface area contributed by atoms with E-state index in [2.05, 4.69) is 116 Å². The molecule has 1 aliphatic carbocycles. The monoisotopic (exact) mass is 672 g/mol. The molecule has 0 fully saturated rings. The van der Waals surface area contributed by atoms with Gasteiger partial charge in [-0.05, 0) is 71.9 Å². The van der Waals surface area contributed by atoms with E-state index in [0.29, 0.717) is 0 Å². The van der Waals surface area contributed by atoms with Gasteiger partial charge in [0.1, 0.15) is 0 Å². The van der Waals surface area contributed by atoms with E-state index in [0.717, 1.165) is 44.9 Å². The first-order chi connectivity index (χ1) is 18.3. The molecule has 42 heavy (non-hydrogen) atoms. The quantitative estimate of drug-likeness (QED) is 0.141. The Balaban J connectivity index is 0.00000420. The Labute approximate surface area is 291 Å². The summed E-state index contributed by atoms with van der Waals surface area (Å²) in [5.41, 5.74) is 11.5. The van der Waals surface area contributed by atoms with E-state index in [1.807, 2.05) is 0 Å². The summed E-state index contributed by atoms with van der Waals surface area (Å²) in [5, 5.41) is 6.32. The summed E-state index contributed by atoms with van der Waals surface area (Å²) in [5.74, 6) is 0. The van der Waals surface area contributed by atoms with Crippen LogP contribution in [0.15, 0.2) is 70.9 Å². The smallest absolute Gasteiger partial charge is 1.00 e. The van der Waals surface area contributed by atoms with Gasteiger partial charge < -0.3 is 37.2 Å². The standard InChI is InChI=1S/C37H47Si.3ClH.Ti/c1-9-28-17-29(10-2)21-34(20-28)38(37-16-26(7)15-27(37)8,35-22-30(11-3)18-31(12-4)23-35)36-24-32(13-5)19-33(14-6)25-36;;;;/h17-25H,9-14,16H2,1-8H3;3*1H;/q-1;;;;+4/p-3. The van der Waals surface area contributed by atoms with Crippen LogP contribution in [-0.2, 0) is 60.2 Å². The second kappa shape index (κ2) is 18.0.